The van der Waals surface area contributed by atoms with E-state index in [1.165, 1.54) is 0 Å². The Bertz CT molecular complexity index is 317. The summed E-state index contributed by atoms with van der Waals surface area (Å²) < 4.78 is 5.02. The molecule has 0 aliphatic rings. The zero-order valence-corrected chi connectivity index (χ0v) is 10.4. The van der Waals surface area contributed by atoms with Crippen molar-refractivity contribution in [3.63, 3.8) is 0 Å². The van der Waals surface area contributed by atoms with Crippen molar-refractivity contribution in [1.29, 1.82) is 0 Å². The fraction of sp³-hybridized carbons (Fsp3) is 0.636. The summed E-state index contributed by atoms with van der Waals surface area (Å²) in [5.74, 6) is 1.19. The van der Waals surface area contributed by atoms with Gasteiger partial charge in [-0.25, -0.2) is 4.98 Å². The fourth-order valence-electron chi connectivity index (χ4n) is 1.14. The van der Waals surface area contributed by atoms with Crippen LogP contribution in [0, 0.1) is 0 Å². The Kier molecular flexibility index (Phi) is 4.98. The number of methoxy groups -OCH3 is 1. The van der Waals surface area contributed by atoms with Crippen LogP contribution in [0.2, 0.25) is 0 Å². The Morgan fingerprint density at radius 1 is 1.50 bits per heavy atom. The number of ether oxygens (including phenoxy) is 1. The molecule has 1 heterocycles. The van der Waals surface area contributed by atoms with E-state index in [1.54, 1.807) is 19.4 Å². The van der Waals surface area contributed by atoms with Crippen molar-refractivity contribution in [1.82, 2.24) is 14.9 Å². The number of nitrogens with one attached hydrogen (secondary N) is 1. The molecule has 0 radical (unpaired) electrons. The molecule has 0 aliphatic carbocycles. The van der Waals surface area contributed by atoms with E-state index in [9.17, 15) is 0 Å². The van der Waals surface area contributed by atoms with Gasteiger partial charge in [-0.15, -0.1) is 0 Å². The average Bonchev–Trinajstić information content (AvgIpc) is 2.29. The van der Waals surface area contributed by atoms with Gasteiger partial charge in [-0.05, 0) is 20.9 Å². The normalized spacial score (nSPS) is 10.9. The van der Waals surface area contributed by atoms with Crippen LogP contribution in [0.25, 0.3) is 0 Å². The minimum Gasteiger partial charge on any atom is -0.481 e. The van der Waals surface area contributed by atoms with E-state index in [2.05, 4.69) is 41.1 Å². The van der Waals surface area contributed by atoms with E-state index < -0.39 is 0 Å². The van der Waals surface area contributed by atoms with Gasteiger partial charge in [-0.1, -0.05) is 0 Å². The predicted octanol–water partition coefficient (Wildman–Crippen LogP) is 1.24. The van der Waals surface area contributed by atoms with Gasteiger partial charge in [-0.2, -0.15) is 4.98 Å². The topological polar surface area (TPSA) is 50.3 Å². The molecule has 0 saturated heterocycles. The third-order valence-corrected chi connectivity index (χ3v) is 2.47. The Morgan fingerprint density at radius 2 is 2.25 bits per heavy atom. The predicted molar refractivity (Wildman–Crippen MR) is 64.8 cm³/mol. The van der Waals surface area contributed by atoms with Gasteiger partial charge in [0.2, 0.25) is 11.8 Å². The van der Waals surface area contributed by atoms with Gasteiger partial charge in [0, 0.05) is 31.4 Å². The molecule has 0 amide bonds. The molecule has 5 nitrogen and oxygen atoms in total. The van der Waals surface area contributed by atoms with Gasteiger partial charge in [-0.3, -0.25) is 0 Å². The quantitative estimate of drug-likeness (QED) is 0.787. The van der Waals surface area contributed by atoms with Crippen LogP contribution in [0.5, 0.6) is 5.88 Å². The van der Waals surface area contributed by atoms with Crippen LogP contribution in [-0.4, -0.2) is 48.2 Å². The highest BCUT2D eigenvalue weighted by Gasteiger charge is 2.03. The van der Waals surface area contributed by atoms with Gasteiger partial charge in [0.05, 0.1) is 7.11 Å². The highest BCUT2D eigenvalue weighted by molar-refractivity contribution is 5.27. The summed E-state index contributed by atoms with van der Waals surface area (Å²) >= 11 is 0. The molecule has 0 aliphatic heterocycles. The van der Waals surface area contributed by atoms with E-state index in [4.69, 9.17) is 4.74 Å². The van der Waals surface area contributed by atoms with E-state index in [0.29, 0.717) is 17.9 Å². The van der Waals surface area contributed by atoms with Crippen LogP contribution in [-0.2, 0) is 0 Å². The third kappa shape index (κ3) is 4.02. The largest absolute Gasteiger partial charge is 0.481 e. The van der Waals surface area contributed by atoms with Gasteiger partial charge < -0.3 is 15.0 Å². The van der Waals surface area contributed by atoms with E-state index in [-0.39, 0.29) is 0 Å². The summed E-state index contributed by atoms with van der Waals surface area (Å²) in [6, 6.07) is 2.28. The maximum Gasteiger partial charge on any atom is 0.225 e. The van der Waals surface area contributed by atoms with Gasteiger partial charge in [0.1, 0.15) is 0 Å². The average molecular weight is 224 g/mol. The molecular formula is C11H20N4O. The molecule has 0 bridgehead atoms. The molecule has 1 aromatic rings. The number of hydrogen-bond donors (Lipinski definition) is 1. The molecular weight excluding hydrogens is 204 g/mol. The number of rotatable bonds is 6. The SMILES string of the molecule is COc1ccnc(NCCN(C)C(C)C)n1. The van der Waals surface area contributed by atoms with Crippen molar-refractivity contribution in [3.8, 4) is 5.88 Å². The molecule has 1 N–H and O–H groups in total. The number of aromatic nitrogens is 2. The van der Waals surface area contributed by atoms with Gasteiger partial charge in [0.15, 0.2) is 0 Å². The minimum absolute atomic E-state index is 0.549. The van der Waals surface area contributed by atoms with Crippen molar-refractivity contribution in [2.45, 2.75) is 19.9 Å². The first-order chi connectivity index (χ1) is 7.63. The Hall–Kier alpha value is -1.36. The Balaban J connectivity index is 2.37. The molecule has 1 aromatic heterocycles. The first-order valence-corrected chi connectivity index (χ1v) is 5.44. The number of nitrogens with zero attached hydrogens (tertiary/aromatic N) is 3. The Labute approximate surface area is 96.8 Å². The molecule has 0 fully saturated rings. The molecule has 0 unspecified atom stereocenters. The van der Waals surface area contributed by atoms with Crippen LogP contribution >= 0.6 is 0 Å². The van der Waals surface area contributed by atoms with E-state index >= 15 is 0 Å². The maximum atomic E-state index is 5.02. The maximum absolute atomic E-state index is 5.02. The van der Waals surface area contributed by atoms with E-state index in [0.717, 1.165) is 13.1 Å². The number of hydrogen-bond acceptors (Lipinski definition) is 5. The summed E-state index contributed by atoms with van der Waals surface area (Å²) in [6.45, 7) is 6.12. The van der Waals surface area contributed by atoms with Crippen LogP contribution < -0.4 is 10.1 Å². The van der Waals surface area contributed by atoms with E-state index in [1.807, 2.05) is 0 Å². The second kappa shape index (κ2) is 6.27. The van der Waals surface area contributed by atoms with Gasteiger partial charge in [0.25, 0.3) is 0 Å². The molecule has 1 rings (SSSR count). The lowest BCUT2D eigenvalue weighted by Gasteiger charge is -2.20. The first kappa shape index (κ1) is 12.7. The lowest BCUT2D eigenvalue weighted by molar-refractivity contribution is 0.284. The van der Waals surface area contributed by atoms with Crippen LogP contribution in [0.4, 0.5) is 5.95 Å². The molecule has 0 saturated carbocycles. The monoisotopic (exact) mass is 224 g/mol. The van der Waals surface area contributed by atoms with Crippen LogP contribution in [0.1, 0.15) is 13.8 Å². The first-order valence-electron chi connectivity index (χ1n) is 5.44. The van der Waals surface area contributed by atoms with Crippen molar-refractivity contribution in [2.75, 3.05) is 32.6 Å². The fourth-order valence-corrected chi connectivity index (χ4v) is 1.14. The summed E-state index contributed by atoms with van der Waals surface area (Å²) in [6.07, 6.45) is 1.68. The van der Waals surface area contributed by atoms with Crippen LogP contribution in [0.3, 0.4) is 0 Å². The Morgan fingerprint density at radius 3 is 2.88 bits per heavy atom. The highest BCUT2D eigenvalue weighted by Crippen LogP contribution is 2.06. The molecule has 0 atom stereocenters. The van der Waals surface area contributed by atoms with Crippen molar-refractivity contribution < 1.29 is 4.74 Å². The van der Waals surface area contributed by atoms with Crippen LogP contribution in [0.15, 0.2) is 12.3 Å². The van der Waals surface area contributed by atoms with Crippen molar-refractivity contribution in [2.24, 2.45) is 0 Å². The molecule has 0 aromatic carbocycles. The minimum atomic E-state index is 0.549. The van der Waals surface area contributed by atoms with Crippen molar-refractivity contribution in [3.05, 3.63) is 12.3 Å². The zero-order chi connectivity index (χ0) is 12.0. The summed E-state index contributed by atoms with van der Waals surface area (Å²) in [4.78, 5) is 10.5. The lowest BCUT2D eigenvalue weighted by atomic mass is 10.3. The van der Waals surface area contributed by atoms with Crippen molar-refractivity contribution >= 4 is 5.95 Å². The molecule has 16 heavy (non-hydrogen) atoms. The third-order valence-electron chi connectivity index (χ3n) is 2.47. The summed E-state index contributed by atoms with van der Waals surface area (Å²) in [5.41, 5.74) is 0. The summed E-state index contributed by atoms with van der Waals surface area (Å²) in [7, 11) is 3.69. The highest BCUT2D eigenvalue weighted by atomic mass is 16.5. The second-order valence-electron chi connectivity index (χ2n) is 3.92. The standard InChI is InChI=1S/C11H20N4O/c1-9(2)15(3)8-7-13-11-12-6-5-10(14-11)16-4/h5-6,9H,7-8H2,1-4H3,(H,12,13,14). The molecule has 90 valence electrons. The smallest absolute Gasteiger partial charge is 0.225 e. The van der Waals surface area contributed by atoms with Gasteiger partial charge >= 0.3 is 0 Å². The number of likely N-dealkylation sites (N-methyl/N-ethyl adjacent to an activating group) is 1. The number of anilines is 1. The summed E-state index contributed by atoms with van der Waals surface area (Å²) in [5, 5.41) is 3.16. The molecule has 5 heteroatoms. The second-order valence-corrected chi connectivity index (χ2v) is 3.92. The lowest BCUT2D eigenvalue weighted by Crippen LogP contribution is -2.31. The molecule has 0 spiro atoms. The zero-order valence-electron chi connectivity index (χ0n) is 10.4.